The van der Waals surface area contributed by atoms with Gasteiger partial charge in [-0.3, -0.25) is 9.69 Å². The third-order valence-electron chi connectivity index (χ3n) is 4.21. The van der Waals surface area contributed by atoms with Crippen LogP contribution in [0.15, 0.2) is 41.5 Å². The molecule has 2 rings (SSSR count). The Kier molecular flexibility index (Phi) is 4.61. The van der Waals surface area contributed by atoms with E-state index in [2.05, 4.69) is 37.8 Å². The molecule has 0 aromatic heterocycles. The molecule has 1 atom stereocenters. The fourth-order valence-electron chi connectivity index (χ4n) is 2.90. The number of hydrogen-bond acceptors (Lipinski definition) is 2. The summed E-state index contributed by atoms with van der Waals surface area (Å²) in [4.78, 5) is 16.8. The summed E-state index contributed by atoms with van der Waals surface area (Å²) in [6, 6.07) is 10.2. The standard InChI is InChI=1S/C17H24N2O/c1-5-18(6-2)16-13(3)14(4)17(20)19(16)12-15-10-8-7-9-11-15/h7-11,16H,5-6,12H2,1-4H3. The first-order chi connectivity index (χ1) is 9.60. The van der Waals surface area contributed by atoms with Crippen LogP contribution in [0.5, 0.6) is 0 Å². The van der Waals surface area contributed by atoms with Gasteiger partial charge in [-0.05, 0) is 38.1 Å². The zero-order chi connectivity index (χ0) is 14.7. The van der Waals surface area contributed by atoms with E-state index in [1.807, 2.05) is 30.0 Å². The number of carbonyl (C=O) groups excluding carboxylic acids is 1. The first kappa shape index (κ1) is 14.8. The Morgan fingerprint density at radius 1 is 1.10 bits per heavy atom. The van der Waals surface area contributed by atoms with Crippen LogP contribution in [0.1, 0.15) is 33.3 Å². The SMILES string of the molecule is CCN(CC)C1C(C)=C(C)C(=O)N1Cc1ccccc1. The van der Waals surface area contributed by atoms with Crippen LogP contribution in [0, 0.1) is 0 Å². The second kappa shape index (κ2) is 6.23. The molecule has 1 heterocycles. The van der Waals surface area contributed by atoms with Crippen LogP contribution < -0.4 is 0 Å². The van der Waals surface area contributed by atoms with E-state index >= 15 is 0 Å². The van der Waals surface area contributed by atoms with Crippen molar-refractivity contribution in [3.8, 4) is 0 Å². The summed E-state index contributed by atoms with van der Waals surface area (Å²) < 4.78 is 0. The van der Waals surface area contributed by atoms with Gasteiger partial charge in [0.05, 0.1) is 0 Å². The van der Waals surface area contributed by atoms with Gasteiger partial charge in [-0.15, -0.1) is 0 Å². The van der Waals surface area contributed by atoms with Gasteiger partial charge in [-0.25, -0.2) is 0 Å². The van der Waals surface area contributed by atoms with E-state index < -0.39 is 0 Å². The molecule has 1 amide bonds. The van der Waals surface area contributed by atoms with E-state index in [9.17, 15) is 4.79 Å². The van der Waals surface area contributed by atoms with Gasteiger partial charge in [0, 0.05) is 12.1 Å². The Hall–Kier alpha value is -1.61. The van der Waals surface area contributed by atoms with Crippen molar-refractivity contribution in [1.82, 2.24) is 9.80 Å². The molecule has 0 radical (unpaired) electrons. The molecule has 3 heteroatoms. The molecule has 1 unspecified atom stereocenters. The Balaban J connectivity index is 2.28. The Bertz CT molecular complexity index is 503. The molecule has 0 saturated carbocycles. The van der Waals surface area contributed by atoms with Gasteiger partial charge in [0.2, 0.25) is 0 Å². The van der Waals surface area contributed by atoms with Crippen LogP contribution >= 0.6 is 0 Å². The van der Waals surface area contributed by atoms with Crippen molar-refractivity contribution in [1.29, 1.82) is 0 Å². The van der Waals surface area contributed by atoms with E-state index in [4.69, 9.17) is 0 Å². The fourth-order valence-corrected chi connectivity index (χ4v) is 2.90. The molecular formula is C17H24N2O. The normalized spacial score (nSPS) is 19.4. The lowest BCUT2D eigenvalue weighted by Gasteiger charge is -2.35. The zero-order valence-corrected chi connectivity index (χ0v) is 12.9. The minimum Gasteiger partial charge on any atom is -0.315 e. The Morgan fingerprint density at radius 3 is 2.25 bits per heavy atom. The van der Waals surface area contributed by atoms with Crippen LogP contribution in [0.3, 0.4) is 0 Å². The molecule has 1 aliphatic rings. The monoisotopic (exact) mass is 272 g/mol. The van der Waals surface area contributed by atoms with E-state index in [0.717, 1.165) is 18.7 Å². The molecule has 0 bridgehead atoms. The van der Waals surface area contributed by atoms with Gasteiger partial charge >= 0.3 is 0 Å². The van der Waals surface area contributed by atoms with Crippen molar-refractivity contribution in [2.45, 2.75) is 40.4 Å². The lowest BCUT2D eigenvalue weighted by Crippen LogP contribution is -2.47. The highest BCUT2D eigenvalue weighted by molar-refractivity contribution is 5.96. The van der Waals surface area contributed by atoms with E-state index in [0.29, 0.717) is 6.54 Å². The van der Waals surface area contributed by atoms with Crippen molar-refractivity contribution >= 4 is 5.91 Å². The fraction of sp³-hybridized carbons (Fsp3) is 0.471. The molecule has 1 aliphatic heterocycles. The largest absolute Gasteiger partial charge is 0.315 e. The van der Waals surface area contributed by atoms with Gasteiger partial charge < -0.3 is 4.90 Å². The van der Waals surface area contributed by atoms with Crippen molar-refractivity contribution in [2.24, 2.45) is 0 Å². The van der Waals surface area contributed by atoms with Gasteiger partial charge in [0.15, 0.2) is 0 Å². The first-order valence-electron chi connectivity index (χ1n) is 7.36. The molecule has 1 aromatic rings. The molecule has 0 aliphatic carbocycles. The van der Waals surface area contributed by atoms with Crippen LogP contribution in [-0.2, 0) is 11.3 Å². The molecule has 20 heavy (non-hydrogen) atoms. The molecule has 1 aromatic carbocycles. The van der Waals surface area contributed by atoms with E-state index in [-0.39, 0.29) is 12.1 Å². The maximum absolute atomic E-state index is 12.5. The number of hydrogen-bond donors (Lipinski definition) is 0. The van der Waals surface area contributed by atoms with Gasteiger partial charge in [-0.1, -0.05) is 44.2 Å². The van der Waals surface area contributed by atoms with Crippen LogP contribution in [0.25, 0.3) is 0 Å². The zero-order valence-electron chi connectivity index (χ0n) is 12.9. The molecule has 0 saturated heterocycles. The average Bonchev–Trinajstić information content (AvgIpc) is 2.68. The number of nitrogens with zero attached hydrogens (tertiary/aromatic N) is 2. The molecule has 0 N–H and O–H groups in total. The molecule has 108 valence electrons. The summed E-state index contributed by atoms with van der Waals surface area (Å²) in [5.74, 6) is 0.170. The predicted octanol–water partition coefficient (Wildman–Crippen LogP) is 3.03. The smallest absolute Gasteiger partial charge is 0.251 e. The van der Waals surface area contributed by atoms with Gasteiger partial charge in [0.1, 0.15) is 6.17 Å². The second-order valence-corrected chi connectivity index (χ2v) is 5.32. The predicted molar refractivity (Wildman–Crippen MR) is 82.1 cm³/mol. The average molecular weight is 272 g/mol. The number of rotatable bonds is 5. The highest BCUT2D eigenvalue weighted by atomic mass is 16.2. The maximum atomic E-state index is 12.5. The minimum absolute atomic E-state index is 0.109. The Morgan fingerprint density at radius 2 is 1.70 bits per heavy atom. The van der Waals surface area contributed by atoms with Crippen molar-refractivity contribution < 1.29 is 4.79 Å². The van der Waals surface area contributed by atoms with E-state index in [1.165, 1.54) is 11.1 Å². The lowest BCUT2D eigenvalue weighted by molar-refractivity contribution is -0.130. The summed E-state index contributed by atoms with van der Waals surface area (Å²) in [7, 11) is 0. The third kappa shape index (κ3) is 2.63. The van der Waals surface area contributed by atoms with Crippen LogP contribution in [0.4, 0.5) is 0 Å². The number of amides is 1. The summed E-state index contributed by atoms with van der Waals surface area (Å²) in [6.07, 6.45) is 0.109. The van der Waals surface area contributed by atoms with Crippen molar-refractivity contribution in [3.63, 3.8) is 0 Å². The van der Waals surface area contributed by atoms with Crippen molar-refractivity contribution in [2.75, 3.05) is 13.1 Å². The lowest BCUT2D eigenvalue weighted by atomic mass is 10.1. The summed E-state index contributed by atoms with van der Waals surface area (Å²) in [5.41, 5.74) is 3.27. The molecule has 3 nitrogen and oxygen atoms in total. The first-order valence-corrected chi connectivity index (χ1v) is 7.36. The summed E-state index contributed by atoms with van der Waals surface area (Å²) in [6.45, 7) is 10.9. The number of carbonyl (C=O) groups is 1. The number of benzene rings is 1. The van der Waals surface area contributed by atoms with Crippen LogP contribution in [0.2, 0.25) is 0 Å². The van der Waals surface area contributed by atoms with Gasteiger partial charge in [0.25, 0.3) is 5.91 Å². The van der Waals surface area contributed by atoms with E-state index in [1.54, 1.807) is 0 Å². The Labute approximate surface area is 121 Å². The molecule has 0 spiro atoms. The van der Waals surface area contributed by atoms with Gasteiger partial charge in [-0.2, -0.15) is 0 Å². The number of likely N-dealkylation sites (N-methyl/N-ethyl adjacent to an activating group) is 1. The molecule has 0 fully saturated rings. The topological polar surface area (TPSA) is 23.6 Å². The summed E-state index contributed by atoms with van der Waals surface area (Å²) in [5, 5.41) is 0. The highest BCUT2D eigenvalue weighted by Crippen LogP contribution is 2.29. The highest BCUT2D eigenvalue weighted by Gasteiger charge is 2.37. The maximum Gasteiger partial charge on any atom is 0.251 e. The molecular weight excluding hydrogens is 248 g/mol. The minimum atomic E-state index is 0.109. The second-order valence-electron chi connectivity index (χ2n) is 5.32. The van der Waals surface area contributed by atoms with Crippen LogP contribution in [-0.4, -0.2) is 35.0 Å². The summed E-state index contributed by atoms with van der Waals surface area (Å²) >= 11 is 0. The quantitative estimate of drug-likeness (QED) is 0.822. The van der Waals surface area contributed by atoms with Crippen molar-refractivity contribution in [3.05, 3.63) is 47.0 Å². The third-order valence-corrected chi connectivity index (χ3v) is 4.21.